The maximum absolute atomic E-state index is 12.6. The minimum atomic E-state index is -0.0581. The lowest BCUT2D eigenvalue weighted by Gasteiger charge is -2.18. The lowest BCUT2D eigenvalue weighted by atomic mass is 9.88. The van der Waals surface area contributed by atoms with E-state index in [9.17, 15) is 9.90 Å². The third kappa shape index (κ3) is 3.54. The Balaban J connectivity index is 1.77. The zero-order chi connectivity index (χ0) is 19.5. The third-order valence-electron chi connectivity index (χ3n) is 5.10. The molecule has 0 aliphatic heterocycles. The number of ketones is 1. The van der Waals surface area contributed by atoms with Crippen LogP contribution in [0.25, 0.3) is 10.8 Å². The number of hydrogen-bond donors (Lipinski definition) is 2. The van der Waals surface area contributed by atoms with E-state index in [1.807, 2.05) is 60.7 Å². The molecular weight excluding hydrogens is 348 g/mol. The van der Waals surface area contributed by atoms with Crippen LogP contribution in [0.5, 0.6) is 0 Å². The van der Waals surface area contributed by atoms with Crippen LogP contribution >= 0.6 is 0 Å². The molecule has 4 rings (SSSR count). The first-order valence-electron chi connectivity index (χ1n) is 9.48. The SMILES string of the molecule is Nc1ccccc1N=C1CCCC(=O)/C1=C(/O)Cc1cccc2ccccc12. The molecule has 140 valence electrons. The van der Waals surface area contributed by atoms with Gasteiger partial charge in [-0.1, -0.05) is 54.6 Å². The highest BCUT2D eigenvalue weighted by Crippen LogP contribution is 2.29. The largest absolute Gasteiger partial charge is 0.511 e. The second kappa shape index (κ2) is 7.69. The molecule has 0 saturated heterocycles. The number of carbonyl (C=O) groups is 1. The van der Waals surface area contributed by atoms with E-state index in [1.165, 1.54) is 0 Å². The molecule has 1 aliphatic rings. The number of aliphatic hydroxyl groups excluding tert-OH is 1. The van der Waals surface area contributed by atoms with Gasteiger partial charge >= 0.3 is 0 Å². The minimum Gasteiger partial charge on any atom is -0.511 e. The highest BCUT2D eigenvalue weighted by atomic mass is 16.3. The Morgan fingerprint density at radius 2 is 1.71 bits per heavy atom. The van der Waals surface area contributed by atoms with Crippen molar-refractivity contribution in [2.75, 3.05) is 5.73 Å². The van der Waals surface area contributed by atoms with E-state index in [4.69, 9.17) is 5.73 Å². The van der Waals surface area contributed by atoms with Crippen molar-refractivity contribution in [2.24, 2.45) is 4.99 Å². The fraction of sp³-hybridized carbons (Fsp3) is 0.167. The number of benzene rings is 3. The fourth-order valence-corrected chi connectivity index (χ4v) is 3.72. The molecule has 0 heterocycles. The zero-order valence-electron chi connectivity index (χ0n) is 15.6. The zero-order valence-corrected chi connectivity index (χ0v) is 15.6. The standard InChI is InChI=1S/C24H22N2O2/c25-19-11-3-4-12-20(19)26-21-13-6-14-22(27)24(21)23(28)15-17-9-5-8-16-7-1-2-10-18(16)17/h1-5,7-12,28H,6,13-15,25H2/b24-23+,26-21?. The molecule has 0 amide bonds. The molecule has 4 heteroatoms. The van der Waals surface area contributed by atoms with Gasteiger partial charge in [0.2, 0.25) is 0 Å². The van der Waals surface area contributed by atoms with Gasteiger partial charge in [-0.05, 0) is 41.3 Å². The molecule has 3 N–H and O–H groups in total. The maximum Gasteiger partial charge on any atom is 0.168 e. The van der Waals surface area contributed by atoms with Crippen molar-refractivity contribution in [1.82, 2.24) is 0 Å². The van der Waals surface area contributed by atoms with Gasteiger partial charge in [0.25, 0.3) is 0 Å². The first-order valence-corrected chi connectivity index (χ1v) is 9.48. The van der Waals surface area contributed by atoms with Crippen molar-refractivity contribution in [3.8, 4) is 0 Å². The van der Waals surface area contributed by atoms with Crippen molar-refractivity contribution in [2.45, 2.75) is 25.7 Å². The maximum atomic E-state index is 12.6. The predicted octanol–water partition coefficient (Wildman–Crippen LogP) is 5.30. The summed E-state index contributed by atoms with van der Waals surface area (Å²) < 4.78 is 0. The number of rotatable bonds is 3. The van der Waals surface area contributed by atoms with Crippen LogP contribution in [0.15, 0.2) is 83.1 Å². The number of nitrogens with two attached hydrogens (primary N) is 1. The number of aliphatic imine (C=N–C) groups is 1. The molecular formula is C24H22N2O2. The average Bonchev–Trinajstić information content (AvgIpc) is 2.70. The average molecular weight is 370 g/mol. The summed E-state index contributed by atoms with van der Waals surface area (Å²) in [6.45, 7) is 0. The molecule has 0 unspecified atom stereocenters. The molecule has 1 fully saturated rings. The van der Waals surface area contributed by atoms with E-state index in [0.29, 0.717) is 41.9 Å². The predicted molar refractivity (Wildman–Crippen MR) is 114 cm³/mol. The molecule has 0 bridgehead atoms. The number of para-hydroxylation sites is 2. The molecule has 1 aliphatic carbocycles. The summed E-state index contributed by atoms with van der Waals surface area (Å²) in [5.41, 5.74) is 9.15. The van der Waals surface area contributed by atoms with E-state index >= 15 is 0 Å². The first-order chi connectivity index (χ1) is 13.6. The van der Waals surface area contributed by atoms with Gasteiger partial charge in [-0.15, -0.1) is 0 Å². The molecule has 0 radical (unpaired) electrons. The Bertz CT molecular complexity index is 1110. The third-order valence-corrected chi connectivity index (χ3v) is 5.10. The minimum absolute atomic E-state index is 0.0581. The molecule has 3 aromatic carbocycles. The van der Waals surface area contributed by atoms with Gasteiger partial charge in [0.15, 0.2) is 5.78 Å². The van der Waals surface area contributed by atoms with E-state index in [2.05, 4.69) is 4.99 Å². The smallest absolute Gasteiger partial charge is 0.168 e. The number of aliphatic hydroxyl groups is 1. The van der Waals surface area contributed by atoms with Gasteiger partial charge in [0.1, 0.15) is 5.76 Å². The number of nitrogen functional groups attached to an aromatic ring is 1. The number of hydrogen-bond acceptors (Lipinski definition) is 4. The van der Waals surface area contributed by atoms with E-state index in [-0.39, 0.29) is 11.5 Å². The second-order valence-corrected chi connectivity index (χ2v) is 7.03. The molecule has 4 nitrogen and oxygen atoms in total. The van der Waals surface area contributed by atoms with E-state index in [0.717, 1.165) is 22.8 Å². The molecule has 0 spiro atoms. The fourth-order valence-electron chi connectivity index (χ4n) is 3.72. The van der Waals surface area contributed by atoms with Crippen molar-refractivity contribution in [1.29, 1.82) is 0 Å². The highest BCUT2D eigenvalue weighted by Gasteiger charge is 2.26. The van der Waals surface area contributed by atoms with Crippen molar-refractivity contribution < 1.29 is 9.90 Å². The summed E-state index contributed by atoms with van der Waals surface area (Å²) in [7, 11) is 0. The molecule has 0 atom stereocenters. The van der Waals surface area contributed by atoms with Crippen LogP contribution in [0.3, 0.4) is 0 Å². The van der Waals surface area contributed by atoms with Gasteiger partial charge in [0, 0.05) is 12.8 Å². The Hall–Kier alpha value is -3.40. The van der Waals surface area contributed by atoms with Crippen LogP contribution in [0.1, 0.15) is 24.8 Å². The Labute approximate surface area is 164 Å². The van der Waals surface area contributed by atoms with E-state index in [1.54, 1.807) is 6.07 Å². The summed E-state index contributed by atoms with van der Waals surface area (Å²) in [5.74, 6) is 0.0199. The van der Waals surface area contributed by atoms with Gasteiger partial charge in [0.05, 0.1) is 22.7 Å². The summed E-state index contributed by atoms with van der Waals surface area (Å²) in [6, 6.07) is 21.3. The number of Topliss-reactive ketones (excluding diaryl/α,β-unsaturated/α-hetero) is 1. The van der Waals surface area contributed by atoms with Crippen molar-refractivity contribution in [3.63, 3.8) is 0 Å². The monoisotopic (exact) mass is 370 g/mol. The van der Waals surface area contributed by atoms with Gasteiger partial charge in [-0.25, -0.2) is 0 Å². The second-order valence-electron chi connectivity index (χ2n) is 7.03. The number of anilines is 1. The van der Waals surface area contributed by atoms with Crippen LogP contribution in [0.4, 0.5) is 11.4 Å². The summed E-state index contributed by atoms with van der Waals surface area (Å²) >= 11 is 0. The molecule has 28 heavy (non-hydrogen) atoms. The lowest BCUT2D eigenvalue weighted by Crippen LogP contribution is -2.21. The van der Waals surface area contributed by atoms with Crippen LogP contribution < -0.4 is 5.73 Å². The number of carbonyl (C=O) groups excluding carboxylic acids is 1. The van der Waals surface area contributed by atoms with Gasteiger partial charge in [-0.3, -0.25) is 9.79 Å². The topological polar surface area (TPSA) is 75.7 Å². The van der Waals surface area contributed by atoms with E-state index < -0.39 is 0 Å². The Kier molecular flexibility index (Phi) is 4.94. The van der Waals surface area contributed by atoms with Gasteiger partial charge < -0.3 is 10.8 Å². The van der Waals surface area contributed by atoms with Crippen LogP contribution in [-0.4, -0.2) is 16.6 Å². The lowest BCUT2D eigenvalue weighted by molar-refractivity contribution is -0.115. The van der Waals surface area contributed by atoms with Crippen LogP contribution in [0.2, 0.25) is 0 Å². The molecule has 1 saturated carbocycles. The van der Waals surface area contributed by atoms with Crippen molar-refractivity contribution in [3.05, 3.63) is 83.6 Å². The summed E-state index contributed by atoms with van der Waals surface area (Å²) in [6.07, 6.45) is 2.11. The molecule has 3 aromatic rings. The molecule has 0 aromatic heterocycles. The summed E-state index contributed by atoms with van der Waals surface area (Å²) in [5, 5.41) is 13.1. The highest BCUT2D eigenvalue weighted by molar-refractivity contribution is 6.24. The van der Waals surface area contributed by atoms with Gasteiger partial charge in [-0.2, -0.15) is 0 Å². The Morgan fingerprint density at radius 3 is 2.57 bits per heavy atom. The number of fused-ring (bicyclic) bond motifs is 1. The number of nitrogens with zero attached hydrogens (tertiary/aromatic N) is 1. The summed E-state index contributed by atoms with van der Waals surface area (Å²) in [4.78, 5) is 17.3. The Morgan fingerprint density at radius 1 is 0.964 bits per heavy atom. The number of allylic oxidation sites excluding steroid dienone is 2. The van der Waals surface area contributed by atoms with Crippen LogP contribution in [0, 0.1) is 0 Å². The quantitative estimate of drug-likeness (QED) is 0.373. The normalized spacial score (nSPS) is 17.9. The first kappa shape index (κ1) is 18.0. The van der Waals surface area contributed by atoms with Crippen LogP contribution in [-0.2, 0) is 11.2 Å². The van der Waals surface area contributed by atoms with Crippen molar-refractivity contribution >= 4 is 33.6 Å².